The van der Waals surface area contributed by atoms with Crippen LogP contribution in [0, 0.1) is 11.8 Å². The van der Waals surface area contributed by atoms with Crippen molar-refractivity contribution in [1.29, 1.82) is 0 Å². The maximum atomic E-state index is 12.3. The van der Waals surface area contributed by atoms with Crippen molar-refractivity contribution < 1.29 is 19.1 Å². The molecule has 1 N–H and O–H groups in total. The first kappa shape index (κ1) is 29.5. The van der Waals surface area contributed by atoms with Gasteiger partial charge in [0.15, 0.2) is 0 Å². The molecule has 0 fully saturated rings. The fraction of sp³-hybridized carbons (Fsp3) is 0.367. The minimum absolute atomic E-state index is 0.372. The SMILES string of the molecule is C=C=CC.C=CCC(C)CCC(C)CCOC(=O)c1ccc(C(=O)Oc2ccc(NC)cc2)cc1. The summed E-state index contributed by atoms with van der Waals surface area (Å²) in [4.78, 5) is 24.5. The minimum Gasteiger partial charge on any atom is -0.462 e. The topological polar surface area (TPSA) is 64.6 Å². The van der Waals surface area contributed by atoms with E-state index < -0.39 is 5.97 Å². The third kappa shape index (κ3) is 11.9. The third-order valence-corrected chi connectivity index (χ3v) is 5.48. The quantitative estimate of drug-likeness (QED) is 0.149. The Labute approximate surface area is 210 Å². The van der Waals surface area contributed by atoms with Gasteiger partial charge in [0.1, 0.15) is 5.75 Å². The lowest BCUT2D eigenvalue weighted by Gasteiger charge is -2.14. The number of ether oxygens (including phenoxy) is 2. The van der Waals surface area contributed by atoms with E-state index in [2.05, 4.69) is 38.1 Å². The second-order valence-corrected chi connectivity index (χ2v) is 8.47. The summed E-state index contributed by atoms with van der Waals surface area (Å²) in [5, 5.41) is 3.00. The van der Waals surface area contributed by atoms with E-state index >= 15 is 0 Å². The summed E-state index contributed by atoms with van der Waals surface area (Å²) in [7, 11) is 1.82. The van der Waals surface area contributed by atoms with Crippen LogP contribution >= 0.6 is 0 Å². The number of benzene rings is 2. The lowest BCUT2D eigenvalue weighted by molar-refractivity contribution is 0.0482. The molecule has 5 nitrogen and oxygen atoms in total. The highest BCUT2D eigenvalue weighted by atomic mass is 16.5. The van der Waals surface area contributed by atoms with Crippen molar-refractivity contribution in [1.82, 2.24) is 0 Å². The van der Waals surface area contributed by atoms with Crippen molar-refractivity contribution in [3.8, 4) is 5.75 Å². The molecule has 0 bridgehead atoms. The van der Waals surface area contributed by atoms with E-state index in [0.717, 1.165) is 31.4 Å². The predicted molar refractivity (Wildman–Crippen MR) is 144 cm³/mol. The molecule has 2 aromatic carbocycles. The molecule has 0 amide bonds. The van der Waals surface area contributed by atoms with E-state index in [4.69, 9.17) is 9.47 Å². The molecule has 188 valence electrons. The van der Waals surface area contributed by atoms with Gasteiger partial charge in [-0.05, 0) is 86.2 Å². The normalized spacial score (nSPS) is 11.5. The minimum atomic E-state index is -0.475. The fourth-order valence-corrected chi connectivity index (χ4v) is 3.15. The van der Waals surface area contributed by atoms with Crippen molar-refractivity contribution in [2.24, 2.45) is 11.8 Å². The van der Waals surface area contributed by atoms with E-state index in [9.17, 15) is 9.59 Å². The molecular formula is C30H39NO4. The molecular weight excluding hydrogens is 438 g/mol. The molecule has 0 aliphatic rings. The van der Waals surface area contributed by atoms with Gasteiger partial charge >= 0.3 is 11.9 Å². The number of esters is 2. The van der Waals surface area contributed by atoms with Crippen molar-refractivity contribution in [3.63, 3.8) is 0 Å². The Bertz CT molecular complexity index is 957. The van der Waals surface area contributed by atoms with Gasteiger partial charge < -0.3 is 14.8 Å². The maximum absolute atomic E-state index is 12.3. The molecule has 2 aromatic rings. The zero-order chi connectivity index (χ0) is 26.1. The number of anilines is 1. The lowest BCUT2D eigenvalue weighted by atomic mass is 9.94. The summed E-state index contributed by atoms with van der Waals surface area (Å²) < 4.78 is 10.8. The molecule has 0 heterocycles. The number of rotatable bonds is 12. The lowest BCUT2D eigenvalue weighted by Crippen LogP contribution is -2.11. The Kier molecular flexibility index (Phi) is 14.3. The van der Waals surface area contributed by atoms with Crippen LogP contribution in [0.3, 0.4) is 0 Å². The second kappa shape index (κ2) is 17.0. The number of hydrogen-bond donors (Lipinski definition) is 1. The summed E-state index contributed by atoms with van der Waals surface area (Å²) in [6, 6.07) is 13.4. The van der Waals surface area contributed by atoms with Crippen LogP contribution in [0.4, 0.5) is 5.69 Å². The number of carbonyl (C=O) groups excluding carboxylic acids is 2. The first-order valence-electron chi connectivity index (χ1n) is 12.0. The fourth-order valence-electron chi connectivity index (χ4n) is 3.15. The van der Waals surface area contributed by atoms with Crippen LogP contribution in [0.2, 0.25) is 0 Å². The molecule has 35 heavy (non-hydrogen) atoms. The zero-order valence-corrected chi connectivity index (χ0v) is 21.5. The third-order valence-electron chi connectivity index (χ3n) is 5.48. The van der Waals surface area contributed by atoms with Crippen molar-refractivity contribution >= 4 is 17.6 Å². The Morgan fingerprint density at radius 1 is 0.943 bits per heavy atom. The Balaban J connectivity index is 0.00000142. The molecule has 0 aliphatic carbocycles. The number of allylic oxidation sites excluding steroid dienone is 2. The molecule has 2 atom stereocenters. The highest BCUT2D eigenvalue weighted by molar-refractivity contribution is 5.94. The van der Waals surface area contributed by atoms with Crippen LogP contribution in [-0.2, 0) is 4.74 Å². The molecule has 2 unspecified atom stereocenters. The Morgan fingerprint density at radius 3 is 2.00 bits per heavy atom. The summed E-state index contributed by atoms with van der Waals surface area (Å²) in [6.45, 7) is 13.8. The van der Waals surface area contributed by atoms with Crippen molar-refractivity contribution in [2.45, 2.75) is 46.5 Å². The molecule has 0 saturated carbocycles. The molecule has 2 rings (SSSR count). The van der Waals surface area contributed by atoms with Gasteiger partial charge in [-0.2, -0.15) is 0 Å². The molecule has 5 heteroatoms. The van der Waals surface area contributed by atoms with Crippen LogP contribution in [0.5, 0.6) is 5.75 Å². The highest BCUT2D eigenvalue weighted by Gasteiger charge is 2.13. The van der Waals surface area contributed by atoms with Crippen LogP contribution in [0.1, 0.15) is 67.2 Å². The zero-order valence-electron chi connectivity index (χ0n) is 21.5. The highest BCUT2D eigenvalue weighted by Crippen LogP contribution is 2.19. The standard InChI is InChI=1S/C26H33NO4.C4H6/c1-5-6-19(2)7-8-20(3)17-18-30-25(28)21-9-11-22(12-10-21)26(29)31-24-15-13-23(27-4)14-16-24;1-3-4-2/h5,9-16,19-20,27H,1,6-8,17-18H2,2-4H3;4H,1H2,2H3. The van der Waals surface area contributed by atoms with Gasteiger partial charge in [0.25, 0.3) is 0 Å². The van der Waals surface area contributed by atoms with Gasteiger partial charge in [-0.15, -0.1) is 12.3 Å². The molecule has 0 saturated heterocycles. The van der Waals surface area contributed by atoms with Crippen LogP contribution in [0.15, 0.2) is 79.6 Å². The van der Waals surface area contributed by atoms with E-state index in [1.54, 1.807) is 42.5 Å². The molecule has 0 aliphatic heterocycles. The van der Waals surface area contributed by atoms with E-state index in [-0.39, 0.29) is 5.97 Å². The van der Waals surface area contributed by atoms with Crippen LogP contribution in [-0.4, -0.2) is 25.6 Å². The maximum Gasteiger partial charge on any atom is 0.343 e. The van der Waals surface area contributed by atoms with E-state index in [1.807, 2.05) is 32.2 Å². The second-order valence-electron chi connectivity index (χ2n) is 8.47. The number of nitrogens with one attached hydrogen (secondary N) is 1. The summed E-state index contributed by atoms with van der Waals surface area (Å²) >= 11 is 0. The first-order valence-corrected chi connectivity index (χ1v) is 12.0. The van der Waals surface area contributed by atoms with Gasteiger partial charge in [-0.1, -0.05) is 39.3 Å². The number of hydrogen-bond acceptors (Lipinski definition) is 5. The molecule has 0 radical (unpaired) electrons. The van der Waals surface area contributed by atoms with Gasteiger partial charge in [0.2, 0.25) is 0 Å². The monoisotopic (exact) mass is 477 g/mol. The molecule has 0 aromatic heterocycles. The first-order chi connectivity index (χ1) is 16.8. The van der Waals surface area contributed by atoms with Gasteiger partial charge in [0, 0.05) is 12.7 Å². The van der Waals surface area contributed by atoms with Crippen LogP contribution in [0.25, 0.3) is 0 Å². The summed E-state index contributed by atoms with van der Waals surface area (Å²) in [6.07, 6.45) is 7.86. The van der Waals surface area contributed by atoms with Crippen molar-refractivity contribution in [3.05, 3.63) is 90.7 Å². The average molecular weight is 478 g/mol. The molecule has 0 spiro atoms. The average Bonchev–Trinajstić information content (AvgIpc) is 2.88. The smallest absolute Gasteiger partial charge is 0.343 e. The Morgan fingerprint density at radius 2 is 1.49 bits per heavy atom. The van der Waals surface area contributed by atoms with Gasteiger partial charge in [0.05, 0.1) is 17.7 Å². The summed E-state index contributed by atoms with van der Waals surface area (Å²) in [5.74, 6) is 0.742. The van der Waals surface area contributed by atoms with E-state index in [0.29, 0.717) is 35.3 Å². The van der Waals surface area contributed by atoms with Crippen molar-refractivity contribution in [2.75, 3.05) is 19.0 Å². The van der Waals surface area contributed by atoms with Crippen LogP contribution < -0.4 is 10.1 Å². The Hall–Kier alpha value is -3.56. The van der Waals surface area contributed by atoms with E-state index in [1.165, 1.54) is 0 Å². The predicted octanol–water partition coefficient (Wildman–Crippen LogP) is 7.47. The van der Waals surface area contributed by atoms with Gasteiger partial charge in [-0.3, -0.25) is 0 Å². The summed E-state index contributed by atoms with van der Waals surface area (Å²) in [5.41, 5.74) is 4.28. The number of carbonyl (C=O) groups is 2. The van der Waals surface area contributed by atoms with Gasteiger partial charge in [-0.25, -0.2) is 9.59 Å². The largest absolute Gasteiger partial charge is 0.462 e.